The van der Waals surface area contributed by atoms with Crippen molar-refractivity contribution in [3.05, 3.63) is 65.7 Å². The Bertz CT molecular complexity index is 823. The maximum absolute atomic E-state index is 12.4. The predicted molar refractivity (Wildman–Crippen MR) is 107 cm³/mol. The molecule has 4 heteroatoms. The maximum Gasteiger partial charge on any atom is 0.255 e. The first-order chi connectivity index (χ1) is 12.6. The molecule has 0 unspecified atom stereocenters. The van der Waals surface area contributed by atoms with Crippen molar-refractivity contribution in [2.75, 3.05) is 23.8 Å². The molecule has 1 saturated carbocycles. The van der Waals surface area contributed by atoms with Gasteiger partial charge < -0.3 is 10.2 Å². The van der Waals surface area contributed by atoms with Crippen LogP contribution in [0.2, 0.25) is 0 Å². The van der Waals surface area contributed by atoms with Crippen molar-refractivity contribution >= 4 is 29.1 Å². The lowest BCUT2D eigenvalue weighted by molar-refractivity contribution is -0.104. The van der Waals surface area contributed by atoms with E-state index in [9.17, 15) is 9.59 Å². The van der Waals surface area contributed by atoms with Crippen molar-refractivity contribution in [3.63, 3.8) is 0 Å². The van der Waals surface area contributed by atoms with Gasteiger partial charge in [-0.2, -0.15) is 0 Å². The van der Waals surface area contributed by atoms with Crippen molar-refractivity contribution in [2.24, 2.45) is 5.92 Å². The fourth-order valence-electron chi connectivity index (χ4n) is 3.05. The molecule has 1 aliphatic carbocycles. The number of aldehydes is 1. The molecule has 0 atom stereocenters. The molecule has 134 valence electrons. The Morgan fingerprint density at radius 3 is 2.54 bits per heavy atom. The molecule has 0 aromatic heterocycles. The van der Waals surface area contributed by atoms with Crippen LogP contribution >= 0.6 is 0 Å². The van der Waals surface area contributed by atoms with Gasteiger partial charge in [-0.3, -0.25) is 9.59 Å². The Balaban J connectivity index is 1.95. The average Bonchev–Trinajstić information content (AvgIpc) is 3.51. The minimum Gasteiger partial charge on any atom is -0.374 e. The molecule has 1 fully saturated rings. The van der Waals surface area contributed by atoms with E-state index in [1.54, 1.807) is 18.2 Å². The third-order valence-electron chi connectivity index (χ3n) is 4.75. The number of carbonyl (C=O) groups excluding carboxylic acids is 2. The van der Waals surface area contributed by atoms with Crippen molar-refractivity contribution in [1.29, 1.82) is 0 Å². The smallest absolute Gasteiger partial charge is 0.255 e. The molecule has 1 N–H and O–H groups in total. The van der Waals surface area contributed by atoms with Gasteiger partial charge in [-0.05, 0) is 67.7 Å². The zero-order chi connectivity index (χ0) is 18.5. The Morgan fingerprint density at radius 1 is 1.19 bits per heavy atom. The van der Waals surface area contributed by atoms with Crippen LogP contribution in [0.3, 0.4) is 0 Å². The normalized spacial score (nSPS) is 14.0. The van der Waals surface area contributed by atoms with Gasteiger partial charge in [0.1, 0.15) is 6.29 Å². The van der Waals surface area contributed by atoms with Crippen molar-refractivity contribution in [1.82, 2.24) is 0 Å². The van der Waals surface area contributed by atoms with Gasteiger partial charge >= 0.3 is 0 Å². The highest BCUT2D eigenvalue weighted by Gasteiger charge is 2.28. The fraction of sp³-hybridized carbons (Fsp3) is 0.273. The van der Waals surface area contributed by atoms with Crippen LogP contribution in [-0.4, -0.2) is 25.8 Å². The van der Waals surface area contributed by atoms with Gasteiger partial charge in [-0.25, -0.2) is 0 Å². The molecular formula is C22H24N2O2. The monoisotopic (exact) mass is 348 g/mol. The summed E-state index contributed by atoms with van der Waals surface area (Å²) < 4.78 is 0. The highest BCUT2D eigenvalue weighted by Crippen LogP contribution is 2.45. The molecule has 26 heavy (non-hydrogen) atoms. The molecule has 0 spiro atoms. The number of amides is 1. The zero-order valence-corrected chi connectivity index (χ0v) is 15.2. The van der Waals surface area contributed by atoms with E-state index in [0.717, 1.165) is 48.2 Å². The largest absolute Gasteiger partial charge is 0.374 e. The summed E-state index contributed by atoms with van der Waals surface area (Å²) in [7, 11) is 2.03. The number of anilines is 2. The highest BCUT2D eigenvalue weighted by molar-refractivity contribution is 6.04. The molecule has 3 rings (SSSR count). The topological polar surface area (TPSA) is 49.4 Å². The first kappa shape index (κ1) is 17.9. The zero-order valence-electron chi connectivity index (χ0n) is 15.2. The quantitative estimate of drug-likeness (QED) is 0.596. The number of nitrogens with one attached hydrogen (secondary N) is 1. The summed E-state index contributed by atoms with van der Waals surface area (Å²) in [6.07, 6.45) is 4.74. The average molecular weight is 348 g/mol. The second-order valence-corrected chi connectivity index (χ2v) is 6.60. The number of hydrogen-bond acceptors (Lipinski definition) is 3. The molecule has 0 heterocycles. The lowest BCUT2D eigenvalue weighted by atomic mass is 9.97. The van der Waals surface area contributed by atoms with Crippen molar-refractivity contribution in [3.8, 4) is 0 Å². The van der Waals surface area contributed by atoms with Gasteiger partial charge in [0.25, 0.3) is 5.91 Å². The van der Waals surface area contributed by atoms with E-state index in [4.69, 9.17) is 0 Å². The number of benzene rings is 2. The second-order valence-electron chi connectivity index (χ2n) is 6.60. The molecular weight excluding hydrogens is 324 g/mol. The van der Waals surface area contributed by atoms with E-state index in [1.807, 2.05) is 43.4 Å². The Kier molecular flexibility index (Phi) is 5.52. The third-order valence-corrected chi connectivity index (χ3v) is 4.75. The third kappa shape index (κ3) is 4.02. The standard InChI is InChI=1S/C22H24N2O2/c1-3-24(2)21-12-11-18(23-22(26)17-7-5-4-6-8-17)15-20(21)19(13-14-25)16-9-10-16/h4-8,11-16H,3,9-10H2,1-2H3,(H,23,26)/b19-13-. The summed E-state index contributed by atoms with van der Waals surface area (Å²) in [5, 5.41) is 2.97. The van der Waals surface area contributed by atoms with Crippen LogP contribution in [-0.2, 0) is 4.79 Å². The molecule has 0 radical (unpaired) electrons. The fourth-order valence-corrected chi connectivity index (χ4v) is 3.05. The highest BCUT2D eigenvalue weighted by atomic mass is 16.1. The molecule has 4 nitrogen and oxygen atoms in total. The van der Waals surface area contributed by atoms with Gasteiger partial charge in [0.2, 0.25) is 0 Å². The Labute approximate surface area is 154 Å². The molecule has 2 aromatic rings. The van der Waals surface area contributed by atoms with Gasteiger partial charge in [0.15, 0.2) is 0 Å². The molecule has 1 aliphatic rings. The molecule has 0 saturated heterocycles. The van der Waals surface area contributed by atoms with Crippen LogP contribution in [0.4, 0.5) is 11.4 Å². The number of allylic oxidation sites excluding steroid dienone is 2. The van der Waals surface area contributed by atoms with E-state index in [-0.39, 0.29) is 5.91 Å². The van der Waals surface area contributed by atoms with Crippen molar-refractivity contribution in [2.45, 2.75) is 19.8 Å². The summed E-state index contributed by atoms with van der Waals surface area (Å²) >= 11 is 0. The van der Waals surface area contributed by atoms with Crippen LogP contribution in [0, 0.1) is 5.92 Å². The summed E-state index contributed by atoms with van der Waals surface area (Å²) in [5.74, 6) is 0.296. The minimum absolute atomic E-state index is 0.138. The SMILES string of the molecule is CCN(C)c1ccc(NC(=O)c2ccccc2)cc1/C(=C\C=O)C1CC1. The van der Waals surface area contributed by atoms with Crippen molar-refractivity contribution < 1.29 is 9.59 Å². The molecule has 2 aromatic carbocycles. The van der Waals surface area contributed by atoms with Crippen LogP contribution in [0.25, 0.3) is 5.57 Å². The number of hydrogen-bond donors (Lipinski definition) is 1. The van der Waals surface area contributed by atoms with Gasteiger partial charge in [-0.1, -0.05) is 18.2 Å². The molecule has 0 bridgehead atoms. The number of carbonyl (C=O) groups is 2. The lowest BCUT2D eigenvalue weighted by Gasteiger charge is -2.23. The molecule has 1 amide bonds. The van der Waals surface area contributed by atoms with Crippen LogP contribution < -0.4 is 10.2 Å². The molecule has 0 aliphatic heterocycles. The number of rotatable bonds is 7. The lowest BCUT2D eigenvalue weighted by Crippen LogP contribution is -2.18. The van der Waals surface area contributed by atoms with Crippen LogP contribution in [0.1, 0.15) is 35.7 Å². The van der Waals surface area contributed by atoms with E-state index in [2.05, 4.69) is 17.1 Å². The van der Waals surface area contributed by atoms with E-state index >= 15 is 0 Å². The Hall–Kier alpha value is -2.88. The van der Waals surface area contributed by atoms with Gasteiger partial charge in [-0.15, -0.1) is 0 Å². The van der Waals surface area contributed by atoms with Crippen LogP contribution in [0.15, 0.2) is 54.6 Å². The van der Waals surface area contributed by atoms with E-state index < -0.39 is 0 Å². The predicted octanol–water partition coefficient (Wildman–Crippen LogP) is 4.39. The summed E-state index contributed by atoms with van der Waals surface area (Å²) in [6.45, 7) is 2.96. The van der Waals surface area contributed by atoms with Gasteiger partial charge in [0, 0.05) is 36.1 Å². The first-order valence-corrected chi connectivity index (χ1v) is 9.01. The summed E-state index contributed by atoms with van der Waals surface area (Å²) in [4.78, 5) is 25.8. The number of nitrogens with zero attached hydrogens (tertiary/aromatic N) is 1. The maximum atomic E-state index is 12.4. The van der Waals surface area contributed by atoms with Crippen LogP contribution in [0.5, 0.6) is 0 Å². The first-order valence-electron chi connectivity index (χ1n) is 9.01. The summed E-state index contributed by atoms with van der Waals surface area (Å²) in [5.41, 5.74) is 4.51. The van der Waals surface area contributed by atoms with E-state index in [1.165, 1.54) is 0 Å². The van der Waals surface area contributed by atoms with E-state index in [0.29, 0.717) is 11.5 Å². The Morgan fingerprint density at radius 2 is 1.92 bits per heavy atom. The van der Waals surface area contributed by atoms with Gasteiger partial charge in [0.05, 0.1) is 0 Å². The summed E-state index contributed by atoms with van der Waals surface area (Å²) in [6, 6.07) is 15.1. The minimum atomic E-state index is -0.138. The second kappa shape index (κ2) is 8.00.